The second-order valence-corrected chi connectivity index (χ2v) is 4.41. The van der Waals surface area contributed by atoms with Gasteiger partial charge in [-0.05, 0) is 5.21 Å². The van der Waals surface area contributed by atoms with Gasteiger partial charge in [0.05, 0.1) is 20.7 Å². The summed E-state index contributed by atoms with van der Waals surface area (Å²) < 4.78 is 0. The minimum absolute atomic E-state index is 0.0378. The molecule has 0 radical (unpaired) electrons. The first-order valence-corrected chi connectivity index (χ1v) is 6.02. The number of H-pyrrole nitrogens is 1. The highest BCUT2D eigenvalue weighted by Gasteiger charge is 2.14. The number of nitrogens with one attached hydrogen (secondary N) is 2. The summed E-state index contributed by atoms with van der Waals surface area (Å²) in [4.78, 5) is 10.1. The number of halogens is 2. The highest BCUT2D eigenvalue weighted by molar-refractivity contribution is 6.39. The Bertz CT molecular complexity index is 728. The molecule has 2 N–H and O–H groups in total. The van der Waals surface area contributed by atoms with Crippen LogP contribution in [0.1, 0.15) is 5.82 Å². The Morgan fingerprint density at radius 2 is 2.14 bits per heavy atom. The molecule has 0 fully saturated rings. The van der Waals surface area contributed by atoms with Gasteiger partial charge in [-0.3, -0.25) is 10.1 Å². The predicted molar refractivity (Wildman–Crippen MR) is 74.5 cm³/mol. The van der Waals surface area contributed by atoms with Crippen LogP contribution in [0.15, 0.2) is 18.3 Å². The topological polar surface area (TPSA) is 133 Å². The number of hydrogen-bond acceptors (Lipinski definition) is 7. The van der Waals surface area contributed by atoms with Gasteiger partial charge in [0.2, 0.25) is 5.82 Å². The van der Waals surface area contributed by atoms with E-state index >= 15 is 0 Å². The van der Waals surface area contributed by atoms with Crippen LogP contribution in [0.25, 0.3) is 5.57 Å². The molecule has 9 nitrogen and oxygen atoms in total. The van der Waals surface area contributed by atoms with Crippen molar-refractivity contribution in [3.05, 3.63) is 44.3 Å². The zero-order chi connectivity index (χ0) is 15.4. The average Bonchev–Trinajstić information content (AvgIpc) is 2.95. The highest BCUT2D eigenvalue weighted by Crippen LogP contribution is 2.34. The van der Waals surface area contributed by atoms with Crippen molar-refractivity contribution in [1.29, 1.82) is 5.26 Å². The fourth-order valence-corrected chi connectivity index (χ4v) is 1.95. The van der Waals surface area contributed by atoms with Crippen LogP contribution in [0.4, 0.5) is 11.4 Å². The van der Waals surface area contributed by atoms with Gasteiger partial charge < -0.3 is 5.32 Å². The lowest BCUT2D eigenvalue weighted by atomic mass is 10.2. The first-order chi connectivity index (χ1) is 10.0. The number of allylic oxidation sites excluding steroid dienone is 1. The van der Waals surface area contributed by atoms with E-state index in [1.807, 2.05) is 6.07 Å². The van der Waals surface area contributed by atoms with Crippen molar-refractivity contribution < 1.29 is 4.92 Å². The van der Waals surface area contributed by atoms with Gasteiger partial charge in [0.15, 0.2) is 0 Å². The quantitative estimate of drug-likeness (QED) is 0.500. The largest absolute Gasteiger partial charge is 0.358 e. The van der Waals surface area contributed by atoms with Crippen molar-refractivity contribution in [1.82, 2.24) is 20.6 Å². The van der Waals surface area contributed by atoms with Gasteiger partial charge in [-0.15, -0.1) is 10.2 Å². The van der Waals surface area contributed by atoms with Crippen molar-refractivity contribution in [3.63, 3.8) is 0 Å². The summed E-state index contributed by atoms with van der Waals surface area (Å²) in [5, 5.41) is 35.3. The van der Waals surface area contributed by atoms with E-state index in [4.69, 9.17) is 28.5 Å². The lowest BCUT2D eigenvalue weighted by Crippen LogP contribution is -1.96. The third kappa shape index (κ3) is 3.25. The summed E-state index contributed by atoms with van der Waals surface area (Å²) in [5.41, 5.74) is 0.0626. The smallest absolute Gasteiger partial charge is 0.272 e. The molecule has 0 amide bonds. The van der Waals surface area contributed by atoms with Gasteiger partial charge in [0.1, 0.15) is 11.6 Å². The Kier molecular flexibility index (Phi) is 4.32. The maximum Gasteiger partial charge on any atom is 0.272 e. The Morgan fingerprint density at radius 1 is 1.48 bits per heavy atom. The van der Waals surface area contributed by atoms with E-state index in [0.717, 1.165) is 12.1 Å². The standard InChI is InChI=1S/C10H5Cl2N7O2/c11-7-1-6(19(20)21)2-8(12)9(7)14-4-5(3-13)10-15-17-18-16-10/h1-2,4,14H,(H,15,16,17,18). The summed E-state index contributed by atoms with van der Waals surface area (Å²) >= 11 is 11.8. The molecule has 0 atom stereocenters. The summed E-state index contributed by atoms with van der Waals surface area (Å²) in [6.45, 7) is 0. The molecular formula is C10H5Cl2N7O2. The minimum Gasteiger partial charge on any atom is -0.358 e. The first kappa shape index (κ1) is 14.7. The van der Waals surface area contributed by atoms with Crippen LogP contribution in [-0.2, 0) is 0 Å². The lowest BCUT2D eigenvalue weighted by molar-refractivity contribution is -0.384. The molecule has 0 saturated carbocycles. The second-order valence-electron chi connectivity index (χ2n) is 3.59. The number of tetrazole rings is 1. The fourth-order valence-electron chi connectivity index (χ4n) is 1.37. The van der Waals surface area contributed by atoms with Crippen molar-refractivity contribution in [2.75, 3.05) is 5.32 Å². The van der Waals surface area contributed by atoms with Crippen LogP contribution in [0, 0.1) is 21.4 Å². The predicted octanol–water partition coefficient (Wildman–Crippen LogP) is 2.39. The van der Waals surface area contributed by atoms with Crippen molar-refractivity contribution >= 4 is 40.1 Å². The maximum absolute atomic E-state index is 10.7. The molecule has 0 bridgehead atoms. The number of non-ortho nitro benzene ring substituents is 1. The summed E-state index contributed by atoms with van der Waals surface area (Å²) in [6.07, 6.45) is 1.27. The molecule has 0 unspecified atom stereocenters. The molecule has 2 aromatic rings. The number of anilines is 1. The van der Waals surface area contributed by atoms with Crippen LogP contribution >= 0.6 is 23.2 Å². The van der Waals surface area contributed by atoms with Gasteiger partial charge >= 0.3 is 0 Å². The number of aromatic amines is 1. The van der Waals surface area contributed by atoms with Crippen molar-refractivity contribution in [2.24, 2.45) is 0 Å². The molecule has 1 aromatic carbocycles. The second kappa shape index (κ2) is 6.17. The summed E-state index contributed by atoms with van der Waals surface area (Å²) in [7, 11) is 0. The van der Waals surface area contributed by atoms with Crippen LogP contribution in [0.5, 0.6) is 0 Å². The number of nitriles is 1. The van der Waals surface area contributed by atoms with E-state index in [9.17, 15) is 10.1 Å². The molecule has 11 heteroatoms. The maximum atomic E-state index is 10.7. The average molecular weight is 326 g/mol. The number of hydrogen-bond donors (Lipinski definition) is 2. The highest BCUT2D eigenvalue weighted by atomic mass is 35.5. The van der Waals surface area contributed by atoms with E-state index in [0.29, 0.717) is 0 Å². The summed E-state index contributed by atoms with van der Waals surface area (Å²) in [6, 6.07) is 4.15. The molecule has 1 heterocycles. The molecular weight excluding hydrogens is 321 g/mol. The van der Waals surface area contributed by atoms with Gasteiger partial charge in [-0.2, -0.15) is 10.5 Å². The fraction of sp³-hybridized carbons (Fsp3) is 0. The SMILES string of the molecule is N#CC(=CNc1c(Cl)cc([N+](=O)[O-])cc1Cl)c1nn[nH]n1. The zero-order valence-electron chi connectivity index (χ0n) is 10.0. The molecule has 0 aliphatic rings. The zero-order valence-corrected chi connectivity index (χ0v) is 11.6. The molecule has 0 aliphatic heterocycles. The van der Waals surface area contributed by atoms with Crippen LogP contribution in [0.3, 0.4) is 0 Å². The van der Waals surface area contributed by atoms with Gasteiger partial charge in [-0.1, -0.05) is 23.2 Å². The number of nitro groups is 1. The van der Waals surface area contributed by atoms with E-state index in [1.54, 1.807) is 0 Å². The number of rotatable bonds is 4. The normalized spacial score (nSPS) is 11.0. The number of nitro benzene ring substituents is 1. The number of benzene rings is 1. The van der Waals surface area contributed by atoms with Gasteiger partial charge in [0, 0.05) is 18.3 Å². The van der Waals surface area contributed by atoms with Crippen molar-refractivity contribution in [3.8, 4) is 6.07 Å². The molecule has 2 rings (SSSR count). The molecule has 1 aromatic heterocycles. The summed E-state index contributed by atoms with van der Waals surface area (Å²) in [5.74, 6) is 0.0826. The van der Waals surface area contributed by atoms with E-state index in [1.165, 1.54) is 6.20 Å². The minimum atomic E-state index is -0.614. The van der Waals surface area contributed by atoms with E-state index < -0.39 is 4.92 Å². The Balaban J connectivity index is 2.32. The Morgan fingerprint density at radius 3 is 2.62 bits per heavy atom. The lowest BCUT2D eigenvalue weighted by Gasteiger charge is -2.06. The number of aromatic nitrogens is 4. The Labute approximate surface area is 127 Å². The molecule has 0 spiro atoms. The number of nitrogens with zero attached hydrogens (tertiary/aromatic N) is 5. The Hall–Kier alpha value is -2.70. The molecule has 0 saturated heterocycles. The van der Waals surface area contributed by atoms with E-state index in [-0.39, 0.29) is 32.8 Å². The molecule has 0 aliphatic carbocycles. The van der Waals surface area contributed by atoms with E-state index in [2.05, 4.69) is 25.9 Å². The van der Waals surface area contributed by atoms with Gasteiger partial charge in [-0.25, -0.2) is 0 Å². The third-order valence-corrected chi connectivity index (χ3v) is 2.90. The molecule has 21 heavy (non-hydrogen) atoms. The van der Waals surface area contributed by atoms with Crippen LogP contribution < -0.4 is 5.32 Å². The van der Waals surface area contributed by atoms with Crippen LogP contribution in [-0.4, -0.2) is 25.5 Å². The molecule has 106 valence electrons. The monoisotopic (exact) mass is 325 g/mol. The third-order valence-electron chi connectivity index (χ3n) is 2.31. The van der Waals surface area contributed by atoms with Gasteiger partial charge in [0.25, 0.3) is 5.69 Å². The first-order valence-electron chi connectivity index (χ1n) is 5.27. The van der Waals surface area contributed by atoms with Crippen molar-refractivity contribution in [2.45, 2.75) is 0 Å². The van der Waals surface area contributed by atoms with Crippen LogP contribution in [0.2, 0.25) is 10.0 Å².